The number of aliphatic hydroxyl groups is 1. The minimum atomic E-state index is 0.206. The molecule has 0 amide bonds. The Labute approximate surface area is 95.3 Å². The highest BCUT2D eigenvalue weighted by Gasteiger charge is 2.27. The van der Waals surface area contributed by atoms with Crippen molar-refractivity contribution >= 4 is 0 Å². The lowest BCUT2D eigenvalue weighted by molar-refractivity contribution is 0.0917. The molecule has 1 atom stereocenters. The zero-order valence-corrected chi connectivity index (χ0v) is 10.6. The van der Waals surface area contributed by atoms with Crippen LogP contribution >= 0.6 is 0 Å². The maximum absolute atomic E-state index is 9.54. The molecule has 90 valence electrons. The van der Waals surface area contributed by atoms with Crippen molar-refractivity contribution in [3.63, 3.8) is 0 Å². The van der Waals surface area contributed by atoms with Crippen LogP contribution in [0.5, 0.6) is 0 Å². The number of rotatable bonds is 6. The Kier molecular flexibility index (Phi) is 5.66. The Balaban J connectivity index is 2.35. The van der Waals surface area contributed by atoms with Gasteiger partial charge >= 0.3 is 0 Å². The summed E-state index contributed by atoms with van der Waals surface area (Å²) in [6.07, 6.45) is 12.1. The van der Waals surface area contributed by atoms with E-state index in [0.717, 1.165) is 5.92 Å². The first-order valence-electron chi connectivity index (χ1n) is 6.81. The molecule has 1 rings (SSSR count). The van der Waals surface area contributed by atoms with Gasteiger partial charge in [-0.25, -0.2) is 0 Å². The fraction of sp³-hybridized carbons (Fsp3) is 1.00. The Morgan fingerprint density at radius 3 is 2.40 bits per heavy atom. The van der Waals surface area contributed by atoms with Crippen LogP contribution < -0.4 is 0 Å². The second-order valence-corrected chi connectivity index (χ2v) is 5.78. The van der Waals surface area contributed by atoms with E-state index in [1.165, 1.54) is 57.8 Å². The van der Waals surface area contributed by atoms with Crippen LogP contribution in [0.25, 0.3) is 0 Å². The van der Waals surface area contributed by atoms with E-state index in [0.29, 0.717) is 6.61 Å². The fourth-order valence-corrected chi connectivity index (χ4v) is 2.94. The van der Waals surface area contributed by atoms with Crippen molar-refractivity contribution < 1.29 is 5.11 Å². The minimum Gasteiger partial charge on any atom is -0.396 e. The van der Waals surface area contributed by atoms with Gasteiger partial charge in [0.1, 0.15) is 0 Å². The molecule has 1 N–H and O–H groups in total. The van der Waals surface area contributed by atoms with Crippen molar-refractivity contribution in [3.05, 3.63) is 0 Å². The van der Waals surface area contributed by atoms with E-state index in [9.17, 15) is 5.11 Å². The number of hydrogen-bond donors (Lipinski definition) is 1. The van der Waals surface area contributed by atoms with Gasteiger partial charge in [0, 0.05) is 6.61 Å². The average Bonchev–Trinajstić information content (AvgIpc) is 2.28. The van der Waals surface area contributed by atoms with E-state index < -0.39 is 0 Å². The zero-order valence-electron chi connectivity index (χ0n) is 10.6. The fourth-order valence-electron chi connectivity index (χ4n) is 2.94. The second kappa shape index (κ2) is 6.52. The molecule has 1 saturated carbocycles. The molecule has 0 aromatic rings. The van der Waals surface area contributed by atoms with Crippen LogP contribution in [0.4, 0.5) is 0 Å². The summed E-state index contributed by atoms with van der Waals surface area (Å²) in [5.41, 5.74) is 0.206. The predicted octanol–water partition coefficient (Wildman–Crippen LogP) is 4.15. The third kappa shape index (κ3) is 4.55. The van der Waals surface area contributed by atoms with Gasteiger partial charge in [-0.15, -0.1) is 0 Å². The van der Waals surface area contributed by atoms with Gasteiger partial charge in [-0.1, -0.05) is 58.8 Å². The van der Waals surface area contributed by atoms with Crippen molar-refractivity contribution in [1.29, 1.82) is 0 Å². The molecule has 15 heavy (non-hydrogen) atoms. The van der Waals surface area contributed by atoms with E-state index in [2.05, 4.69) is 13.8 Å². The summed E-state index contributed by atoms with van der Waals surface area (Å²) in [7, 11) is 0. The largest absolute Gasteiger partial charge is 0.396 e. The lowest BCUT2D eigenvalue weighted by Crippen LogP contribution is -2.26. The molecule has 0 saturated heterocycles. The zero-order chi connectivity index (χ0) is 11.1. The van der Waals surface area contributed by atoms with Crippen LogP contribution in [0, 0.1) is 11.3 Å². The standard InChI is InChI=1S/C14H28O/c1-3-4-10-14(2,12-15)11-13-8-6-5-7-9-13/h13,15H,3-12H2,1-2H3. The SMILES string of the molecule is CCCCC(C)(CO)CC1CCCCC1. The Bertz CT molecular complexity index is 161. The highest BCUT2D eigenvalue weighted by Crippen LogP contribution is 2.37. The van der Waals surface area contributed by atoms with Gasteiger partial charge in [0.15, 0.2) is 0 Å². The predicted molar refractivity (Wildman–Crippen MR) is 65.9 cm³/mol. The van der Waals surface area contributed by atoms with E-state index in [1.807, 2.05) is 0 Å². The molecule has 0 aliphatic heterocycles. The van der Waals surface area contributed by atoms with Gasteiger partial charge in [-0.05, 0) is 24.2 Å². The quantitative estimate of drug-likeness (QED) is 0.701. The van der Waals surface area contributed by atoms with Gasteiger partial charge in [0.05, 0.1) is 0 Å². The van der Waals surface area contributed by atoms with Gasteiger partial charge in [-0.2, -0.15) is 0 Å². The third-order valence-corrected chi connectivity index (χ3v) is 4.02. The molecule has 0 bridgehead atoms. The topological polar surface area (TPSA) is 20.2 Å². The van der Waals surface area contributed by atoms with Crippen molar-refractivity contribution in [3.8, 4) is 0 Å². The third-order valence-electron chi connectivity index (χ3n) is 4.02. The van der Waals surface area contributed by atoms with E-state index in [1.54, 1.807) is 0 Å². The number of hydrogen-bond acceptors (Lipinski definition) is 1. The lowest BCUT2D eigenvalue weighted by atomic mass is 9.73. The van der Waals surface area contributed by atoms with Crippen LogP contribution in [0.2, 0.25) is 0 Å². The first kappa shape index (κ1) is 13.0. The van der Waals surface area contributed by atoms with E-state index >= 15 is 0 Å². The van der Waals surface area contributed by atoms with Crippen LogP contribution in [0.1, 0.15) is 71.6 Å². The maximum atomic E-state index is 9.54. The van der Waals surface area contributed by atoms with Crippen molar-refractivity contribution in [1.82, 2.24) is 0 Å². The Morgan fingerprint density at radius 2 is 1.87 bits per heavy atom. The first-order valence-corrected chi connectivity index (χ1v) is 6.81. The summed E-state index contributed by atoms with van der Waals surface area (Å²) in [4.78, 5) is 0. The number of aliphatic hydroxyl groups excluding tert-OH is 1. The molecule has 0 heterocycles. The summed E-state index contributed by atoms with van der Waals surface area (Å²) in [5.74, 6) is 0.896. The van der Waals surface area contributed by atoms with Crippen molar-refractivity contribution in [2.24, 2.45) is 11.3 Å². The Morgan fingerprint density at radius 1 is 1.20 bits per heavy atom. The van der Waals surface area contributed by atoms with Gasteiger partial charge in [-0.3, -0.25) is 0 Å². The van der Waals surface area contributed by atoms with Crippen molar-refractivity contribution in [2.75, 3.05) is 6.61 Å². The molecule has 0 aromatic heterocycles. The molecule has 1 unspecified atom stereocenters. The summed E-state index contributed by atoms with van der Waals surface area (Å²) in [6.45, 7) is 4.89. The van der Waals surface area contributed by atoms with Gasteiger partial charge in [0.2, 0.25) is 0 Å². The molecule has 1 aliphatic carbocycles. The van der Waals surface area contributed by atoms with Crippen LogP contribution in [-0.4, -0.2) is 11.7 Å². The molecule has 1 fully saturated rings. The summed E-state index contributed by atoms with van der Waals surface area (Å²) < 4.78 is 0. The van der Waals surface area contributed by atoms with Crippen LogP contribution in [-0.2, 0) is 0 Å². The summed E-state index contributed by atoms with van der Waals surface area (Å²) in [6, 6.07) is 0. The van der Waals surface area contributed by atoms with E-state index in [-0.39, 0.29) is 5.41 Å². The molecular formula is C14H28O. The smallest absolute Gasteiger partial charge is 0.0484 e. The molecule has 1 heteroatoms. The van der Waals surface area contributed by atoms with Crippen LogP contribution in [0.3, 0.4) is 0 Å². The number of unbranched alkanes of at least 4 members (excludes halogenated alkanes) is 1. The summed E-state index contributed by atoms with van der Waals surface area (Å²) >= 11 is 0. The maximum Gasteiger partial charge on any atom is 0.0484 e. The highest BCUT2D eigenvalue weighted by atomic mass is 16.3. The highest BCUT2D eigenvalue weighted by molar-refractivity contribution is 4.79. The summed E-state index contributed by atoms with van der Waals surface area (Å²) in [5, 5.41) is 9.54. The first-order chi connectivity index (χ1) is 7.20. The molecule has 0 aromatic carbocycles. The normalized spacial score (nSPS) is 22.6. The molecular weight excluding hydrogens is 184 g/mol. The second-order valence-electron chi connectivity index (χ2n) is 5.78. The van der Waals surface area contributed by atoms with Crippen molar-refractivity contribution in [2.45, 2.75) is 71.6 Å². The van der Waals surface area contributed by atoms with Crippen LogP contribution in [0.15, 0.2) is 0 Å². The molecule has 1 aliphatic rings. The van der Waals surface area contributed by atoms with Gasteiger partial charge in [0.25, 0.3) is 0 Å². The lowest BCUT2D eigenvalue weighted by Gasteiger charge is -2.33. The van der Waals surface area contributed by atoms with E-state index in [4.69, 9.17) is 0 Å². The average molecular weight is 212 g/mol. The Hall–Kier alpha value is -0.0400. The molecule has 0 radical (unpaired) electrons. The molecule has 0 spiro atoms. The monoisotopic (exact) mass is 212 g/mol. The molecule has 1 nitrogen and oxygen atoms in total. The van der Waals surface area contributed by atoms with Gasteiger partial charge < -0.3 is 5.11 Å². The minimum absolute atomic E-state index is 0.206.